The van der Waals surface area contributed by atoms with E-state index in [4.69, 9.17) is 0 Å². The second kappa shape index (κ2) is 42.0. The first kappa shape index (κ1) is 77.1. The summed E-state index contributed by atoms with van der Waals surface area (Å²) in [6.07, 6.45) is 15.0. The van der Waals surface area contributed by atoms with Crippen LogP contribution in [0, 0.1) is 41.4 Å². The molecule has 5 heterocycles. The average Bonchev–Trinajstić information content (AvgIpc) is 4.23. The molecule has 0 bridgehead atoms. The van der Waals surface area contributed by atoms with E-state index in [-0.39, 0.29) is 0 Å². The maximum absolute atomic E-state index is 4.43. The molecule has 4 aromatic rings. The number of benzene rings is 1. The van der Waals surface area contributed by atoms with Gasteiger partial charge in [0.15, 0.2) is 0 Å². The summed E-state index contributed by atoms with van der Waals surface area (Å²) < 4.78 is 3.88. The van der Waals surface area contributed by atoms with Gasteiger partial charge < -0.3 is 0 Å². The van der Waals surface area contributed by atoms with Crippen LogP contribution in [-0.2, 0) is 0 Å². The molecule has 1 aliphatic carbocycles. The van der Waals surface area contributed by atoms with Crippen LogP contribution >= 0.6 is 0 Å². The highest BCUT2D eigenvalue weighted by Gasteiger charge is 2.30. The van der Waals surface area contributed by atoms with Gasteiger partial charge in [0.2, 0.25) is 0 Å². The van der Waals surface area contributed by atoms with Gasteiger partial charge >= 0.3 is 0 Å². The second-order valence-electron chi connectivity index (χ2n) is 26.6. The lowest BCUT2D eigenvalue weighted by Gasteiger charge is -2.22. The van der Waals surface area contributed by atoms with E-state index in [2.05, 4.69) is 309 Å². The quantitative estimate of drug-likeness (QED) is 0.146. The van der Waals surface area contributed by atoms with E-state index < -0.39 is 0 Å². The zero-order valence-corrected chi connectivity index (χ0v) is 57.2. The lowest BCUT2D eigenvalue weighted by atomic mass is 9.90. The Morgan fingerprint density at radius 2 is 1.06 bits per heavy atom. The molecule has 0 spiro atoms. The van der Waals surface area contributed by atoms with E-state index in [0.29, 0.717) is 77.4 Å². The van der Waals surface area contributed by atoms with E-state index in [9.17, 15) is 0 Å². The van der Waals surface area contributed by atoms with Crippen LogP contribution in [-0.4, -0.2) is 52.8 Å². The van der Waals surface area contributed by atoms with Crippen LogP contribution in [0.15, 0.2) is 106 Å². The second-order valence-corrected chi connectivity index (χ2v) is 26.6. The molecule has 11 heteroatoms. The molecule has 2 aliphatic heterocycles. The molecule has 0 amide bonds. The smallest absolute Gasteiger partial charge is 0.0972 e. The van der Waals surface area contributed by atoms with Crippen molar-refractivity contribution in [2.45, 2.75) is 274 Å². The molecular formula is C69H125N11. The van der Waals surface area contributed by atoms with Gasteiger partial charge in [-0.25, -0.2) is 4.68 Å². The van der Waals surface area contributed by atoms with Crippen molar-refractivity contribution in [3.8, 4) is 0 Å². The molecular weight excluding hydrogens is 983 g/mol. The molecule has 11 nitrogen and oxygen atoms in total. The van der Waals surface area contributed by atoms with E-state index in [1.165, 1.54) is 34.7 Å². The van der Waals surface area contributed by atoms with Gasteiger partial charge in [-0.1, -0.05) is 245 Å². The zero-order chi connectivity index (χ0) is 62.0. The van der Waals surface area contributed by atoms with Crippen LogP contribution in [0.25, 0.3) is 0 Å². The molecule has 3 aromatic heterocycles. The molecule has 0 saturated carbocycles. The third-order valence-electron chi connectivity index (χ3n) is 12.5. The van der Waals surface area contributed by atoms with E-state index in [1.807, 2.05) is 34.0 Å². The summed E-state index contributed by atoms with van der Waals surface area (Å²) in [6, 6.07) is 16.5. The van der Waals surface area contributed by atoms with Crippen LogP contribution in [0.3, 0.4) is 0 Å². The minimum absolute atomic E-state index is 0.370. The molecule has 0 radical (unpaired) electrons. The number of nitrogens with zero attached hydrogens (tertiary/aromatic N) is 9. The SMILES string of the molecule is CC(C)C.CC(C)C.CC(C)C1=CCC(C(C)C)=C1.CC(C)C1=NC=CC1.CC(C)C1N=NNC1C(C)C.CC(C)c1cc(C(C)C)[nH]n1.CC(C)c1ccccc1.CC(C)c1ccn(C(C)C)n1.CC(C)c1cn(C(C)C)nn1. The summed E-state index contributed by atoms with van der Waals surface area (Å²) in [4.78, 5) is 4.17. The summed E-state index contributed by atoms with van der Waals surface area (Å²) in [5.74, 6) is 7.66. The summed E-state index contributed by atoms with van der Waals surface area (Å²) in [5, 5.41) is 27.7. The lowest BCUT2D eigenvalue weighted by molar-refractivity contribution is 0.341. The molecule has 1 aromatic carbocycles. The van der Waals surface area contributed by atoms with Crippen LogP contribution in [0.5, 0.6) is 0 Å². The van der Waals surface area contributed by atoms with Crippen molar-refractivity contribution in [2.75, 3.05) is 0 Å². The van der Waals surface area contributed by atoms with Crippen LogP contribution in [0.1, 0.15) is 291 Å². The highest BCUT2D eigenvalue weighted by molar-refractivity contribution is 5.89. The van der Waals surface area contributed by atoms with Gasteiger partial charge in [0, 0.05) is 48.5 Å². The van der Waals surface area contributed by atoms with Gasteiger partial charge in [-0.15, -0.1) is 5.10 Å². The minimum Gasteiger partial charge on any atom is -0.286 e. The Hall–Kier alpha value is -4.93. The Kier molecular flexibility index (Phi) is 40.5. The number of nitrogens with one attached hydrogen (secondary N) is 2. The number of allylic oxidation sites excluding steroid dienone is 5. The first-order chi connectivity index (χ1) is 37.1. The lowest BCUT2D eigenvalue weighted by Crippen LogP contribution is -2.38. The maximum atomic E-state index is 4.43. The molecule has 3 aliphatic rings. The van der Waals surface area contributed by atoms with Gasteiger partial charge in [0.25, 0.3) is 0 Å². The maximum Gasteiger partial charge on any atom is 0.0972 e. The summed E-state index contributed by atoms with van der Waals surface area (Å²) >= 11 is 0. The predicted molar refractivity (Wildman–Crippen MR) is 351 cm³/mol. The Morgan fingerprint density at radius 3 is 1.32 bits per heavy atom. The summed E-state index contributed by atoms with van der Waals surface area (Å²) in [5.41, 5.74) is 13.5. The standard InChI is InChI=1S/C11H18.2C9H16N2.C9H12.C8H15N3.C8H17N3.C7H11N.2C4H10/c1-8(2)10-5-6-11(7-10)9(3)4;1-7(2)9-5-6-11(10-9)8(3)4;1-6(2)8-5-9(7(3)4)11-10-8;1-8(2)9-6-4-3-5-7-9;1-6(2)8-5-11(7(3)4)10-9-8;1-5(2)7-8(6(3)4)10-11-9-7;1-6(2)7-4-3-5-8-7;2*1-4(2)3/h5,7-9H,6H2,1-4H3;5-8H,1-4H3;5-7H,1-4H3,(H,10,11);3-8H,1-2H3;5-7H,1-4H3;5-8H,1-4H3,(H,9,10);3,5-6H,4H2,1-2H3;2*4H,1-3H3. The Balaban J connectivity index is 0. The number of rotatable bonds is 12. The average molecular weight is 1110 g/mol. The number of hydrogen-bond donors (Lipinski definition) is 2. The number of aliphatic imine (C=N–C) groups is 1. The van der Waals surface area contributed by atoms with Crippen molar-refractivity contribution in [3.05, 3.63) is 119 Å². The molecule has 456 valence electrons. The zero-order valence-electron chi connectivity index (χ0n) is 57.2. The molecule has 2 atom stereocenters. The van der Waals surface area contributed by atoms with Crippen LogP contribution in [0.4, 0.5) is 0 Å². The van der Waals surface area contributed by atoms with Crippen molar-refractivity contribution in [1.82, 2.24) is 40.4 Å². The van der Waals surface area contributed by atoms with Gasteiger partial charge in [0.05, 0.1) is 29.2 Å². The fourth-order valence-corrected chi connectivity index (χ4v) is 7.08. The van der Waals surface area contributed by atoms with Crippen molar-refractivity contribution in [3.63, 3.8) is 0 Å². The van der Waals surface area contributed by atoms with Crippen molar-refractivity contribution in [2.24, 2.45) is 56.8 Å². The fourth-order valence-electron chi connectivity index (χ4n) is 7.08. The highest BCUT2D eigenvalue weighted by atomic mass is 15.5. The van der Waals surface area contributed by atoms with Gasteiger partial charge in [0.1, 0.15) is 0 Å². The van der Waals surface area contributed by atoms with Gasteiger partial charge in [-0.05, 0) is 128 Å². The number of hydrogen-bond acceptors (Lipinski definition) is 8. The Bertz CT molecular complexity index is 2090. The van der Waals surface area contributed by atoms with Gasteiger partial charge in [-0.3, -0.25) is 20.2 Å². The topological polar surface area (TPSA) is 126 Å². The van der Waals surface area contributed by atoms with Crippen molar-refractivity contribution in [1.29, 1.82) is 0 Å². The Labute approximate surface area is 493 Å². The third-order valence-corrected chi connectivity index (χ3v) is 12.5. The summed E-state index contributed by atoms with van der Waals surface area (Å²) in [7, 11) is 0. The third kappa shape index (κ3) is 35.0. The normalized spacial score (nSPS) is 15.1. The van der Waals surface area contributed by atoms with E-state index in [0.717, 1.165) is 35.6 Å². The van der Waals surface area contributed by atoms with Crippen LogP contribution in [0.2, 0.25) is 0 Å². The first-order valence-electron chi connectivity index (χ1n) is 31.0. The van der Waals surface area contributed by atoms with Crippen LogP contribution < -0.4 is 5.43 Å². The largest absolute Gasteiger partial charge is 0.286 e. The first-order valence-corrected chi connectivity index (χ1v) is 31.0. The monoisotopic (exact) mass is 1110 g/mol. The van der Waals surface area contributed by atoms with Crippen molar-refractivity contribution >= 4 is 5.71 Å². The number of aromatic nitrogens is 7. The van der Waals surface area contributed by atoms with E-state index in [1.54, 1.807) is 5.57 Å². The predicted octanol–water partition coefficient (Wildman–Crippen LogP) is 20.9. The molecule has 0 fully saturated rings. The highest BCUT2D eigenvalue weighted by Crippen LogP contribution is 2.28. The number of H-pyrrole nitrogens is 1. The number of aromatic amines is 1. The molecule has 80 heavy (non-hydrogen) atoms. The molecule has 7 rings (SSSR count). The van der Waals surface area contributed by atoms with Gasteiger partial charge in [-0.2, -0.15) is 15.3 Å². The Morgan fingerprint density at radius 1 is 0.525 bits per heavy atom. The fraction of sp³-hybridized carbons (Fsp3) is 0.696. The minimum atomic E-state index is 0.370. The summed E-state index contributed by atoms with van der Waals surface area (Å²) in [6.45, 7) is 65.2. The molecule has 2 unspecified atom stereocenters. The van der Waals surface area contributed by atoms with Crippen molar-refractivity contribution < 1.29 is 0 Å². The van der Waals surface area contributed by atoms with E-state index >= 15 is 0 Å². The molecule has 0 saturated heterocycles. The molecule has 2 N–H and O–H groups in total.